The van der Waals surface area contributed by atoms with Crippen molar-refractivity contribution in [1.29, 1.82) is 0 Å². The molecule has 3 aromatic carbocycles. The van der Waals surface area contributed by atoms with E-state index in [4.69, 9.17) is 9.47 Å². The number of aryl methyl sites for hydroxylation is 3. The molecule has 2 saturated carbocycles. The van der Waals surface area contributed by atoms with E-state index >= 15 is 0 Å². The molecule has 7 rings (SSSR count). The van der Waals surface area contributed by atoms with E-state index in [2.05, 4.69) is 80.6 Å². The van der Waals surface area contributed by atoms with Crippen LogP contribution in [0.5, 0.6) is 5.75 Å². The lowest BCUT2D eigenvalue weighted by atomic mass is 9.47. The number of hydrogen-bond donors (Lipinski definition) is 0. The normalized spacial score (nSPS) is 25.3. The molecule has 0 N–H and O–H groups in total. The first-order chi connectivity index (χ1) is 17.8. The molecule has 37 heavy (non-hydrogen) atoms. The van der Waals surface area contributed by atoms with Crippen molar-refractivity contribution < 1.29 is 14.3 Å². The number of esters is 1. The number of hydrogen-bond acceptors (Lipinski definition) is 4. The average molecular weight is 511 g/mol. The molecule has 4 atom stereocenters. The van der Waals surface area contributed by atoms with Crippen LogP contribution in [0.1, 0.15) is 42.9 Å². The first-order valence-corrected chi connectivity index (χ1v) is 14.1. The fraction of sp³-hybridized carbons (Fsp3) is 0.364. The van der Waals surface area contributed by atoms with Crippen LogP contribution in [0.3, 0.4) is 0 Å². The first kappa shape index (κ1) is 24.4. The Morgan fingerprint density at radius 1 is 0.946 bits per heavy atom. The van der Waals surface area contributed by atoms with Gasteiger partial charge in [0.2, 0.25) is 0 Å². The van der Waals surface area contributed by atoms with Gasteiger partial charge in [0.15, 0.2) is 6.61 Å². The predicted octanol–water partition coefficient (Wildman–Crippen LogP) is 8.10. The van der Waals surface area contributed by atoms with E-state index in [-0.39, 0.29) is 18.2 Å². The highest BCUT2D eigenvalue weighted by Crippen LogP contribution is 2.62. The van der Waals surface area contributed by atoms with Crippen LogP contribution in [0, 0.1) is 38.5 Å². The van der Waals surface area contributed by atoms with Gasteiger partial charge in [-0.1, -0.05) is 65.9 Å². The lowest BCUT2D eigenvalue weighted by Gasteiger charge is -2.61. The molecule has 0 radical (unpaired) electrons. The van der Waals surface area contributed by atoms with E-state index in [1.54, 1.807) is 11.8 Å². The summed E-state index contributed by atoms with van der Waals surface area (Å²) in [5.74, 6) is 2.12. The van der Waals surface area contributed by atoms with Gasteiger partial charge >= 0.3 is 5.97 Å². The fourth-order valence-electron chi connectivity index (χ4n) is 6.80. The van der Waals surface area contributed by atoms with Gasteiger partial charge in [0, 0.05) is 21.6 Å². The van der Waals surface area contributed by atoms with Gasteiger partial charge in [-0.15, -0.1) is 0 Å². The molecule has 4 aliphatic rings. The number of allylic oxidation sites excluding steroid dienone is 1. The molecule has 3 nitrogen and oxygen atoms in total. The fourth-order valence-corrected chi connectivity index (χ4v) is 7.95. The van der Waals surface area contributed by atoms with Crippen molar-refractivity contribution in [3.05, 3.63) is 89.0 Å². The third kappa shape index (κ3) is 4.29. The van der Waals surface area contributed by atoms with Gasteiger partial charge in [0.1, 0.15) is 11.4 Å². The van der Waals surface area contributed by atoms with E-state index in [1.165, 1.54) is 27.2 Å². The number of carbonyl (C=O) groups is 1. The molecule has 0 amide bonds. The summed E-state index contributed by atoms with van der Waals surface area (Å²) in [4.78, 5) is 15.3. The Hall–Kier alpha value is -2.98. The van der Waals surface area contributed by atoms with E-state index < -0.39 is 0 Å². The van der Waals surface area contributed by atoms with E-state index in [0.717, 1.165) is 47.0 Å². The molecule has 3 aromatic rings. The predicted molar refractivity (Wildman–Crippen MR) is 149 cm³/mol. The largest absolute Gasteiger partial charge is 0.481 e. The number of ether oxygens (including phenoxy) is 2. The highest BCUT2D eigenvalue weighted by atomic mass is 32.2. The highest BCUT2D eigenvalue weighted by molar-refractivity contribution is 7.99. The van der Waals surface area contributed by atoms with Crippen molar-refractivity contribution in [2.24, 2.45) is 17.8 Å². The Morgan fingerprint density at radius 2 is 1.65 bits per heavy atom. The van der Waals surface area contributed by atoms with Crippen molar-refractivity contribution >= 4 is 17.7 Å². The van der Waals surface area contributed by atoms with Crippen molar-refractivity contribution in [3.63, 3.8) is 0 Å². The summed E-state index contributed by atoms with van der Waals surface area (Å²) in [5, 5.41) is 0. The Kier molecular flexibility index (Phi) is 6.19. The molecule has 0 spiro atoms. The molecule has 0 heterocycles. The van der Waals surface area contributed by atoms with Gasteiger partial charge in [-0.2, -0.15) is 0 Å². The SMILES string of the molecule is Cc1ccccc1-c1ccccc1Sc1cc(C)c(OCC(=O)OC2(C)C3CC=C4C(C3)CC42)c(C)c1. The van der Waals surface area contributed by atoms with Gasteiger partial charge in [0.05, 0.1) is 0 Å². The van der Waals surface area contributed by atoms with Crippen LogP contribution in [0.4, 0.5) is 0 Å². The summed E-state index contributed by atoms with van der Waals surface area (Å²) in [6.45, 7) is 8.34. The van der Waals surface area contributed by atoms with Gasteiger partial charge in [-0.25, -0.2) is 4.79 Å². The summed E-state index contributed by atoms with van der Waals surface area (Å²) in [6, 6.07) is 21.4. The number of rotatable bonds is 7. The second kappa shape index (κ2) is 9.40. The zero-order chi connectivity index (χ0) is 25.7. The van der Waals surface area contributed by atoms with Crippen molar-refractivity contribution in [1.82, 2.24) is 0 Å². The van der Waals surface area contributed by atoms with Crippen LogP contribution in [0.2, 0.25) is 0 Å². The second-order valence-electron chi connectivity index (χ2n) is 11.1. The van der Waals surface area contributed by atoms with Crippen LogP contribution in [0.15, 0.2) is 82.1 Å². The Bertz CT molecular complexity index is 1380. The topological polar surface area (TPSA) is 35.5 Å². The third-order valence-corrected chi connectivity index (χ3v) is 9.80. The Labute approximate surface area is 224 Å². The molecule has 2 fully saturated rings. The summed E-state index contributed by atoms with van der Waals surface area (Å²) in [7, 11) is 0. The van der Waals surface area contributed by atoms with Crippen LogP contribution >= 0.6 is 11.8 Å². The molecule has 0 aromatic heterocycles. The van der Waals surface area contributed by atoms with Crippen molar-refractivity contribution in [2.75, 3.05) is 6.61 Å². The van der Waals surface area contributed by atoms with Crippen LogP contribution < -0.4 is 4.74 Å². The zero-order valence-corrected chi connectivity index (χ0v) is 22.9. The monoisotopic (exact) mass is 510 g/mol. The molecular formula is C33H34O3S. The molecular weight excluding hydrogens is 476 g/mol. The summed E-state index contributed by atoms with van der Waals surface area (Å²) < 4.78 is 12.2. The van der Waals surface area contributed by atoms with Crippen LogP contribution in [0.25, 0.3) is 11.1 Å². The molecule has 0 aliphatic heterocycles. The molecule has 4 aliphatic carbocycles. The summed E-state index contributed by atoms with van der Waals surface area (Å²) in [6.07, 6.45) is 5.76. The molecule has 0 saturated heterocycles. The van der Waals surface area contributed by atoms with E-state index in [9.17, 15) is 4.79 Å². The number of benzene rings is 3. The Balaban J connectivity index is 1.15. The standard InChI is InChI=1S/C33H34O3S/c1-20-9-5-6-10-26(20)28-11-7-8-12-30(28)37-25-15-21(2)32(22(3)16-25)35-19-31(34)36-33(4)24-13-14-27-23(17-24)18-29(27)33/h5-12,14-16,23-24,29H,13,17-19H2,1-4H3. The van der Waals surface area contributed by atoms with E-state index in [1.807, 2.05) is 13.8 Å². The summed E-state index contributed by atoms with van der Waals surface area (Å²) >= 11 is 1.76. The molecule has 4 heteroatoms. The summed E-state index contributed by atoms with van der Waals surface area (Å²) in [5.41, 5.74) is 6.98. The van der Waals surface area contributed by atoms with Gasteiger partial charge < -0.3 is 9.47 Å². The maximum absolute atomic E-state index is 12.9. The quantitative estimate of drug-likeness (QED) is 0.238. The lowest BCUT2D eigenvalue weighted by molar-refractivity contribution is -0.190. The minimum atomic E-state index is -0.367. The van der Waals surface area contributed by atoms with E-state index in [0.29, 0.717) is 11.8 Å². The molecule has 190 valence electrons. The first-order valence-electron chi connectivity index (χ1n) is 13.3. The molecule has 4 bridgehead atoms. The second-order valence-corrected chi connectivity index (χ2v) is 12.2. The smallest absolute Gasteiger partial charge is 0.344 e. The van der Waals surface area contributed by atoms with Gasteiger partial charge in [0.25, 0.3) is 0 Å². The highest BCUT2D eigenvalue weighted by Gasteiger charge is 2.60. The minimum absolute atomic E-state index is 0.0538. The minimum Gasteiger partial charge on any atom is -0.481 e. The van der Waals surface area contributed by atoms with Crippen molar-refractivity contribution in [2.45, 2.75) is 62.3 Å². The van der Waals surface area contributed by atoms with Gasteiger partial charge in [-0.05, 0) is 98.9 Å². The van der Waals surface area contributed by atoms with Crippen LogP contribution in [-0.2, 0) is 9.53 Å². The third-order valence-electron chi connectivity index (χ3n) is 8.76. The Morgan fingerprint density at radius 3 is 2.32 bits per heavy atom. The molecule has 4 unspecified atom stereocenters. The number of carbonyl (C=O) groups excluding carboxylic acids is 1. The van der Waals surface area contributed by atoms with Crippen LogP contribution in [-0.4, -0.2) is 18.2 Å². The number of fused-ring (bicyclic) bond motifs is 1. The zero-order valence-electron chi connectivity index (χ0n) is 22.0. The maximum Gasteiger partial charge on any atom is 0.344 e. The maximum atomic E-state index is 12.9. The lowest BCUT2D eigenvalue weighted by Crippen LogP contribution is -2.60. The average Bonchev–Trinajstić information content (AvgIpc) is 2.84. The van der Waals surface area contributed by atoms with Crippen molar-refractivity contribution in [3.8, 4) is 16.9 Å². The van der Waals surface area contributed by atoms with Gasteiger partial charge in [-0.3, -0.25) is 0 Å².